The minimum Gasteiger partial charge on any atom is -0.484 e. The monoisotopic (exact) mass is 486 g/mol. The lowest BCUT2D eigenvalue weighted by Crippen LogP contribution is -2.33. The predicted octanol–water partition coefficient (Wildman–Crippen LogP) is 4.93. The fourth-order valence-corrected chi connectivity index (χ4v) is 4.13. The summed E-state index contributed by atoms with van der Waals surface area (Å²) in [6.07, 6.45) is 1.59. The van der Waals surface area contributed by atoms with Crippen LogP contribution >= 0.6 is 11.8 Å². The number of rotatable bonds is 8. The van der Waals surface area contributed by atoms with Crippen molar-refractivity contribution in [2.24, 2.45) is 0 Å². The molecule has 0 aliphatic carbocycles. The highest BCUT2D eigenvalue weighted by molar-refractivity contribution is 8.18. The molecule has 1 aliphatic rings. The van der Waals surface area contributed by atoms with Crippen molar-refractivity contribution in [1.82, 2.24) is 4.90 Å². The normalized spacial score (nSPS) is 14.3. The third-order valence-corrected chi connectivity index (χ3v) is 6.06. The van der Waals surface area contributed by atoms with Crippen LogP contribution in [0.25, 0.3) is 6.08 Å². The summed E-state index contributed by atoms with van der Waals surface area (Å²) in [5, 5.41) is 2.28. The van der Waals surface area contributed by atoms with E-state index in [9.17, 15) is 19.2 Å². The van der Waals surface area contributed by atoms with Crippen LogP contribution < -0.4 is 10.1 Å². The Balaban J connectivity index is 1.33. The van der Waals surface area contributed by atoms with Crippen molar-refractivity contribution in [2.75, 3.05) is 18.5 Å². The summed E-state index contributed by atoms with van der Waals surface area (Å²) < 4.78 is 5.53. The number of thioether (sulfide) groups is 1. The minimum absolute atomic E-state index is 0.151. The van der Waals surface area contributed by atoms with Crippen molar-refractivity contribution in [1.29, 1.82) is 0 Å². The molecule has 0 radical (unpaired) electrons. The van der Waals surface area contributed by atoms with Crippen molar-refractivity contribution < 1.29 is 23.9 Å². The van der Waals surface area contributed by atoms with E-state index in [1.165, 1.54) is 0 Å². The van der Waals surface area contributed by atoms with E-state index in [1.807, 2.05) is 31.2 Å². The maximum absolute atomic E-state index is 12.7. The van der Waals surface area contributed by atoms with Crippen LogP contribution in [0.5, 0.6) is 5.75 Å². The molecule has 4 rings (SSSR count). The Morgan fingerprint density at radius 1 is 0.943 bits per heavy atom. The molecular weight excluding hydrogens is 464 g/mol. The van der Waals surface area contributed by atoms with Gasteiger partial charge in [-0.15, -0.1) is 0 Å². The van der Waals surface area contributed by atoms with Gasteiger partial charge in [0.1, 0.15) is 5.75 Å². The smallest absolute Gasteiger partial charge is 0.293 e. The highest BCUT2D eigenvalue weighted by Gasteiger charge is 2.36. The fourth-order valence-electron chi connectivity index (χ4n) is 3.29. The molecule has 0 unspecified atom stereocenters. The topological polar surface area (TPSA) is 92.8 Å². The van der Waals surface area contributed by atoms with Gasteiger partial charge in [0, 0.05) is 11.3 Å². The average Bonchev–Trinajstić information content (AvgIpc) is 3.12. The zero-order valence-electron chi connectivity index (χ0n) is 18.9. The first kappa shape index (κ1) is 24.0. The molecular formula is C27H22N2O5S. The van der Waals surface area contributed by atoms with Crippen LogP contribution in [-0.4, -0.2) is 40.9 Å². The lowest BCUT2D eigenvalue weighted by molar-refractivity contribution is -0.122. The van der Waals surface area contributed by atoms with E-state index < -0.39 is 11.1 Å². The van der Waals surface area contributed by atoms with Crippen molar-refractivity contribution in [3.63, 3.8) is 0 Å². The number of nitrogens with one attached hydrogen (secondary N) is 1. The molecule has 1 heterocycles. The third-order valence-electron chi connectivity index (χ3n) is 5.15. The van der Waals surface area contributed by atoms with Crippen LogP contribution in [0.1, 0.15) is 21.5 Å². The highest BCUT2D eigenvalue weighted by Crippen LogP contribution is 2.32. The zero-order chi connectivity index (χ0) is 24.8. The van der Waals surface area contributed by atoms with Gasteiger partial charge in [-0.05, 0) is 54.6 Å². The first-order valence-electron chi connectivity index (χ1n) is 10.8. The number of carbonyl (C=O) groups excluding carboxylic acids is 4. The van der Waals surface area contributed by atoms with E-state index >= 15 is 0 Å². The van der Waals surface area contributed by atoms with Crippen LogP contribution in [0.3, 0.4) is 0 Å². The number of hydrogen-bond donors (Lipinski definition) is 1. The standard InChI is InChI=1S/C27H22N2O5S/c1-18-7-11-21(12-8-18)28-25(31)17-34-22-13-9-19(10-14-22)15-24-26(32)29(27(33)35-24)16-23(30)20-5-3-2-4-6-20/h2-15H,16-17H2,1H3,(H,28,31)/b24-15+. The average molecular weight is 487 g/mol. The summed E-state index contributed by atoms with van der Waals surface area (Å²) in [5.41, 5.74) is 2.92. The lowest BCUT2D eigenvalue weighted by atomic mass is 10.1. The van der Waals surface area contributed by atoms with Crippen LogP contribution in [0.2, 0.25) is 0 Å². The first-order valence-corrected chi connectivity index (χ1v) is 11.6. The molecule has 0 atom stereocenters. The van der Waals surface area contributed by atoms with Crippen LogP contribution in [0, 0.1) is 6.92 Å². The molecule has 0 spiro atoms. The van der Waals surface area contributed by atoms with Gasteiger partial charge in [-0.25, -0.2) is 0 Å². The molecule has 176 valence electrons. The van der Waals surface area contributed by atoms with E-state index in [1.54, 1.807) is 60.7 Å². The summed E-state index contributed by atoms with van der Waals surface area (Å²) in [5.74, 6) is -0.598. The van der Waals surface area contributed by atoms with Gasteiger partial charge in [0.2, 0.25) is 0 Å². The molecule has 8 heteroatoms. The van der Waals surface area contributed by atoms with Gasteiger partial charge in [-0.3, -0.25) is 24.1 Å². The van der Waals surface area contributed by atoms with Crippen molar-refractivity contribution in [2.45, 2.75) is 6.92 Å². The second-order valence-corrected chi connectivity index (χ2v) is 8.82. The molecule has 3 amide bonds. The number of ether oxygens (including phenoxy) is 1. The Hall–Kier alpha value is -4.17. The minimum atomic E-state index is -0.502. The predicted molar refractivity (Wildman–Crippen MR) is 135 cm³/mol. The Kier molecular flexibility index (Phi) is 7.42. The third kappa shape index (κ3) is 6.24. The molecule has 3 aromatic carbocycles. The van der Waals surface area contributed by atoms with E-state index in [4.69, 9.17) is 4.74 Å². The SMILES string of the molecule is Cc1ccc(NC(=O)COc2ccc(/C=C3/SC(=O)N(CC(=O)c4ccccc4)C3=O)cc2)cc1. The molecule has 7 nitrogen and oxygen atoms in total. The van der Waals surface area contributed by atoms with Gasteiger partial charge in [0.05, 0.1) is 11.4 Å². The van der Waals surface area contributed by atoms with Gasteiger partial charge in [-0.1, -0.05) is 60.2 Å². The number of carbonyl (C=O) groups is 4. The molecule has 0 saturated carbocycles. The molecule has 1 saturated heterocycles. The van der Waals surface area contributed by atoms with Gasteiger partial charge < -0.3 is 10.1 Å². The highest BCUT2D eigenvalue weighted by atomic mass is 32.2. The number of amides is 3. The number of ketones is 1. The summed E-state index contributed by atoms with van der Waals surface area (Å²) >= 11 is 0.796. The molecule has 0 aromatic heterocycles. The zero-order valence-corrected chi connectivity index (χ0v) is 19.7. The Morgan fingerprint density at radius 3 is 2.31 bits per heavy atom. The van der Waals surface area contributed by atoms with Gasteiger partial charge >= 0.3 is 0 Å². The van der Waals surface area contributed by atoms with Gasteiger partial charge in [-0.2, -0.15) is 0 Å². The second-order valence-electron chi connectivity index (χ2n) is 7.83. The van der Waals surface area contributed by atoms with E-state index in [0.29, 0.717) is 22.6 Å². The number of anilines is 1. The molecule has 0 bridgehead atoms. The maximum atomic E-state index is 12.7. The van der Waals surface area contributed by atoms with Gasteiger partial charge in [0.15, 0.2) is 12.4 Å². The van der Waals surface area contributed by atoms with E-state index in [0.717, 1.165) is 22.2 Å². The fraction of sp³-hybridized carbons (Fsp3) is 0.111. The van der Waals surface area contributed by atoms with Crippen molar-refractivity contribution in [3.8, 4) is 5.75 Å². The number of aryl methyl sites for hydroxylation is 1. The number of benzene rings is 3. The van der Waals surface area contributed by atoms with Crippen LogP contribution in [0.15, 0.2) is 83.8 Å². The summed E-state index contributed by atoms with van der Waals surface area (Å²) in [6.45, 7) is 1.52. The molecule has 3 aromatic rings. The Labute approximate surface area is 206 Å². The quantitative estimate of drug-likeness (QED) is 0.358. The second kappa shape index (κ2) is 10.8. The molecule has 1 fully saturated rings. The molecule has 1 N–H and O–H groups in total. The summed E-state index contributed by atoms with van der Waals surface area (Å²) in [7, 11) is 0. The van der Waals surface area contributed by atoms with Crippen LogP contribution in [-0.2, 0) is 9.59 Å². The van der Waals surface area contributed by atoms with Crippen molar-refractivity contribution in [3.05, 3.63) is 100 Å². The Morgan fingerprint density at radius 2 is 1.63 bits per heavy atom. The van der Waals surface area contributed by atoms with Crippen molar-refractivity contribution >= 4 is 46.4 Å². The summed E-state index contributed by atoms with van der Waals surface area (Å²) in [6, 6.07) is 22.8. The molecule has 35 heavy (non-hydrogen) atoms. The number of nitrogens with zero attached hydrogens (tertiary/aromatic N) is 1. The number of hydrogen-bond acceptors (Lipinski definition) is 6. The van der Waals surface area contributed by atoms with E-state index in [2.05, 4.69) is 5.32 Å². The maximum Gasteiger partial charge on any atom is 0.293 e. The largest absolute Gasteiger partial charge is 0.484 e. The van der Waals surface area contributed by atoms with E-state index in [-0.39, 0.29) is 29.7 Å². The Bertz CT molecular complexity index is 1290. The number of imide groups is 1. The molecule has 1 aliphatic heterocycles. The first-order chi connectivity index (χ1) is 16.9. The van der Waals surface area contributed by atoms with Crippen LogP contribution in [0.4, 0.5) is 10.5 Å². The van der Waals surface area contributed by atoms with Gasteiger partial charge in [0.25, 0.3) is 17.1 Å². The lowest BCUT2D eigenvalue weighted by Gasteiger charge is -2.11. The summed E-state index contributed by atoms with van der Waals surface area (Å²) in [4.78, 5) is 50.7. The number of Topliss-reactive ketones (excluding diaryl/α,β-unsaturated/α-hetero) is 1.